The number of thiazole rings is 1. The van der Waals surface area contributed by atoms with E-state index in [1.54, 1.807) is 24.5 Å². The van der Waals surface area contributed by atoms with Gasteiger partial charge in [0.1, 0.15) is 11.5 Å². The molecule has 0 unspecified atom stereocenters. The Balaban J connectivity index is 1.96. The number of halogens is 1. The Bertz CT molecular complexity index is 1330. The molecule has 2 aromatic heterocycles. The average molecular weight is 487 g/mol. The third kappa shape index (κ3) is 3.73. The lowest BCUT2D eigenvalue weighted by atomic mass is 9.96. The second-order valence-electron chi connectivity index (χ2n) is 6.80. The summed E-state index contributed by atoms with van der Waals surface area (Å²) in [4.78, 5) is 31.2. The van der Waals surface area contributed by atoms with Crippen molar-refractivity contribution in [3.8, 4) is 0 Å². The molecule has 3 heterocycles. The predicted octanol–water partition coefficient (Wildman–Crippen LogP) is 3.46. The number of ether oxygens (including phenoxy) is 1. The van der Waals surface area contributed by atoms with Crippen LogP contribution in [0.2, 0.25) is 0 Å². The maximum absolute atomic E-state index is 13.4. The van der Waals surface area contributed by atoms with Crippen molar-refractivity contribution in [2.45, 2.75) is 26.8 Å². The molecule has 1 atom stereocenters. The molecule has 1 aliphatic heterocycles. The molecule has 0 fully saturated rings. The van der Waals surface area contributed by atoms with Crippen LogP contribution >= 0.6 is 27.3 Å². The fraction of sp³-hybridized carbons (Fsp3) is 0.227. The first-order valence-electron chi connectivity index (χ1n) is 9.40. The molecule has 30 heavy (non-hydrogen) atoms. The van der Waals surface area contributed by atoms with Crippen LogP contribution in [0, 0.1) is 6.92 Å². The lowest BCUT2D eigenvalue weighted by Gasteiger charge is -2.24. The van der Waals surface area contributed by atoms with Gasteiger partial charge in [0.05, 0.1) is 28.5 Å². The van der Waals surface area contributed by atoms with Gasteiger partial charge < -0.3 is 9.15 Å². The highest BCUT2D eigenvalue weighted by Crippen LogP contribution is 2.31. The number of benzene rings is 1. The number of nitrogens with zero attached hydrogens (tertiary/aromatic N) is 2. The summed E-state index contributed by atoms with van der Waals surface area (Å²) in [7, 11) is 0. The minimum absolute atomic E-state index is 0.227. The van der Waals surface area contributed by atoms with Crippen LogP contribution in [0.1, 0.15) is 37.0 Å². The van der Waals surface area contributed by atoms with Gasteiger partial charge in [-0.25, -0.2) is 9.79 Å². The van der Waals surface area contributed by atoms with Gasteiger partial charge in [-0.2, -0.15) is 0 Å². The van der Waals surface area contributed by atoms with Gasteiger partial charge in [0.15, 0.2) is 4.80 Å². The third-order valence-electron chi connectivity index (χ3n) is 4.74. The summed E-state index contributed by atoms with van der Waals surface area (Å²) in [5.74, 6) is 0.893. The Hall–Kier alpha value is -2.71. The molecule has 6 nitrogen and oxygen atoms in total. The number of carbonyl (C=O) groups excluding carboxylic acids is 1. The maximum atomic E-state index is 13.4. The average Bonchev–Trinajstić information content (AvgIpc) is 3.24. The van der Waals surface area contributed by atoms with Crippen LogP contribution in [0.15, 0.2) is 66.3 Å². The molecule has 8 heteroatoms. The van der Waals surface area contributed by atoms with E-state index in [0.717, 1.165) is 15.8 Å². The zero-order valence-corrected chi connectivity index (χ0v) is 19.0. The SMILES string of the molecule is CCOC(=O)C1=C(C)N=c2s/c(=C/c3ccc(C)o3)c(=O)n2[C@@H]1c1ccc(Br)cc1. The quantitative estimate of drug-likeness (QED) is 0.529. The Kier molecular flexibility index (Phi) is 5.62. The van der Waals surface area contributed by atoms with Crippen molar-refractivity contribution in [3.63, 3.8) is 0 Å². The van der Waals surface area contributed by atoms with Crippen molar-refractivity contribution in [2.75, 3.05) is 6.61 Å². The molecule has 4 rings (SSSR count). The molecule has 0 amide bonds. The van der Waals surface area contributed by atoms with E-state index in [1.807, 2.05) is 43.3 Å². The smallest absolute Gasteiger partial charge is 0.338 e. The second kappa shape index (κ2) is 8.20. The number of hydrogen-bond acceptors (Lipinski definition) is 6. The molecule has 0 spiro atoms. The van der Waals surface area contributed by atoms with Crippen LogP contribution in [0.5, 0.6) is 0 Å². The van der Waals surface area contributed by atoms with Crippen molar-refractivity contribution in [1.29, 1.82) is 0 Å². The molecule has 0 radical (unpaired) electrons. The van der Waals surface area contributed by atoms with Gasteiger partial charge in [-0.05, 0) is 50.6 Å². The van der Waals surface area contributed by atoms with E-state index in [4.69, 9.17) is 9.15 Å². The molecule has 1 aliphatic rings. The first kappa shape index (κ1) is 20.6. The highest BCUT2D eigenvalue weighted by molar-refractivity contribution is 9.10. The Morgan fingerprint density at radius 2 is 2.00 bits per heavy atom. The summed E-state index contributed by atoms with van der Waals surface area (Å²) >= 11 is 4.71. The van der Waals surface area contributed by atoms with E-state index < -0.39 is 12.0 Å². The minimum Gasteiger partial charge on any atom is -0.463 e. The van der Waals surface area contributed by atoms with E-state index in [2.05, 4.69) is 20.9 Å². The van der Waals surface area contributed by atoms with Gasteiger partial charge in [0, 0.05) is 10.5 Å². The van der Waals surface area contributed by atoms with Crippen LogP contribution in [0.4, 0.5) is 0 Å². The molecule has 0 N–H and O–H groups in total. The summed E-state index contributed by atoms with van der Waals surface area (Å²) in [6.45, 7) is 5.61. The Labute approximate surface area is 185 Å². The number of esters is 1. The van der Waals surface area contributed by atoms with E-state index in [-0.39, 0.29) is 12.2 Å². The van der Waals surface area contributed by atoms with Crippen LogP contribution < -0.4 is 14.9 Å². The zero-order chi connectivity index (χ0) is 21.4. The highest BCUT2D eigenvalue weighted by atomic mass is 79.9. The Morgan fingerprint density at radius 1 is 1.27 bits per heavy atom. The first-order valence-corrected chi connectivity index (χ1v) is 11.0. The molecule has 3 aromatic rings. The van der Waals surface area contributed by atoms with Gasteiger partial charge in [-0.15, -0.1) is 0 Å². The number of aromatic nitrogens is 1. The minimum atomic E-state index is -0.617. The largest absolute Gasteiger partial charge is 0.463 e. The van der Waals surface area contributed by atoms with Gasteiger partial charge in [-0.3, -0.25) is 9.36 Å². The second-order valence-corrected chi connectivity index (χ2v) is 8.73. The lowest BCUT2D eigenvalue weighted by molar-refractivity contribution is -0.139. The molecule has 0 saturated heterocycles. The Morgan fingerprint density at radius 3 is 2.63 bits per heavy atom. The standard InChI is InChI=1S/C22H19BrN2O4S/c1-4-28-21(27)18-13(3)24-22-25(19(18)14-6-8-15(23)9-7-14)20(26)17(30-22)11-16-10-5-12(2)29-16/h5-11,19H,4H2,1-3H3/b17-11+/t19-/m1/s1. The van der Waals surface area contributed by atoms with Gasteiger partial charge in [0.25, 0.3) is 5.56 Å². The topological polar surface area (TPSA) is 73.8 Å². The van der Waals surface area contributed by atoms with Crippen LogP contribution in [0.25, 0.3) is 6.08 Å². The first-order chi connectivity index (χ1) is 14.4. The summed E-state index contributed by atoms with van der Waals surface area (Å²) < 4.78 is 13.8. The van der Waals surface area contributed by atoms with Crippen molar-refractivity contribution in [3.05, 3.63) is 88.9 Å². The van der Waals surface area contributed by atoms with Gasteiger partial charge >= 0.3 is 5.97 Å². The lowest BCUT2D eigenvalue weighted by Crippen LogP contribution is -2.39. The predicted molar refractivity (Wildman–Crippen MR) is 118 cm³/mol. The fourth-order valence-electron chi connectivity index (χ4n) is 3.41. The van der Waals surface area contributed by atoms with Gasteiger partial charge in [-0.1, -0.05) is 39.4 Å². The highest BCUT2D eigenvalue weighted by Gasteiger charge is 2.33. The van der Waals surface area contributed by atoms with E-state index in [1.165, 1.54) is 11.3 Å². The van der Waals surface area contributed by atoms with Crippen molar-refractivity contribution in [1.82, 2.24) is 4.57 Å². The van der Waals surface area contributed by atoms with Crippen molar-refractivity contribution >= 4 is 39.3 Å². The van der Waals surface area contributed by atoms with Crippen LogP contribution in [-0.2, 0) is 9.53 Å². The number of carbonyl (C=O) groups is 1. The molecule has 0 bridgehead atoms. The molecule has 154 valence electrons. The number of fused-ring (bicyclic) bond motifs is 1. The summed E-state index contributed by atoms with van der Waals surface area (Å²) in [6.07, 6.45) is 1.71. The number of aryl methyl sites for hydroxylation is 1. The summed E-state index contributed by atoms with van der Waals surface area (Å²) in [6, 6.07) is 10.6. The van der Waals surface area contributed by atoms with Crippen molar-refractivity contribution < 1.29 is 13.9 Å². The molecule has 0 saturated carbocycles. The van der Waals surface area contributed by atoms with Crippen LogP contribution in [-0.4, -0.2) is 17.1 Å². The fourth-order valence-corrected chi connectivity index (χ4v) is 4.70. The van der Waals surface area contributed by atoms with E-state index in [0.29, 0.717) is 26.4 Å². The van der Waals surface area contributed by atoms with E-state index in [9.17, 15) is 9.59 Å². The molecule has 1 aromatic carbocycles. The summed E-state index contributed by atoms with van der Waals surface area (Å²) in [5, 5.41) is 0. The normalized spacial score (nSPS) is 16.4. The molecular weight excluding hydrogens is 468 g/mol. The van der Waals surface area contributed by atoms with Gasteiger partial charge in [0.2, 0.25) is 0 Å². The molecular formula is C22H19BrN2O4S. The summed E-state index contributed by atoms with van der Waals surface area (Å²) in [5.41, 5.74) is 1.49. The zero-order valence-electron chi connectivity index (χ0n) is 16.6. The third-order valence-corrected chi connectivity index (χ3v) is 6.25. The number of furan rings is 1. The van der Waals surface area contributed by atoms with Crippen molar-refractivity contribution in [2.24, 2.45) is 4.99 Å². The maximum Gasteiger partial charge on any atom is 0.338 e. The number of rotatable bonds is 4. The number of hydrogen-bond donors (Lipinski definition) is 0. The molecule has 0 aliphatic carbocycles. The number of allylic oxidation sites excluding steroid dienone is 1. The van der Waals surface area contributed by atoms with Crippen LogP contribution in [0.3, 0.4) is 0 Å². The van der Waals surface area contributed by atoms with E-state index >= 15 is 0 Å². The monoisotopic (exact) mass is 486 g/mol.